The maximum absolute atomic E-state index is 11.7. The smallest absolute Gasteiger partial charge is 0.0500 e. The molecular formula is C11H18N2OS. The molecule has 1 heterocycles. The van der Waals surface area contributed by atoms with Crippen molar-refractivity contribution < 1.29 is 4.21 Å². The maximum Gasteiger partial charge on any atom is 0.0500 e. The zero-order chi connectivity index (χ0) is 11.3. The molecule has 1 aromatic rings. The van der Waals surface area contributed by atoms with Crippen LogP contribution in [0.5, 0.6) is 0 Å². The molecule has 1 aromatic heterocycles. The Labute approximate surface area is 93.6 Å². The molecule has 2 unspecified atom stereocenters. The van der Waals surface area contributed by atoms with Crippen LogP contribution < -0.4 is 5.73 Å². The van der Waals surface area contributed by atoms with Gasteiger partial charge < -0.3 is 5.73 Å². The van der Waals surface area contributed by atoms with Crippen molar-refractivity contribution in [1.82, 2.24) is 4.98 Å². The third-order valence-corrected chi connectivity index (χ3v) is 3.41. The number of hydrogen-bond acceptors (Lipinski definition) is 3. The van der Waals surface area contributed by atoms with E-state index in [4.69, 9.17) is 5.73 Å². The van der Waals surface area contributed by atoms with E-state index in [0.717, 1.165) is 17.5 Å². The van der Waals surface area contributed by atoms with E-state index in [1.807, 2.05) is 19.9 Å². The van der Waals surface area contributed by atoms with Gasteiger partial charge in [-0.3, -0.25) is 9.19 Å². The van der Waals surface area contributed by atoms with Crippen molar-refractivity contribution in [3.63, 3.8) is 0 Å². The topological polar surface area (TPSA) is 56.0 Å². The van der Waals surface area contributed by atoms with E-state index in [-0.39, 0.29) is 6.04 Å². The van der Waals surface area contributed by atoms with Gasteiger partial charge in [-0.15, -0.1) is 0 Å². The van der Waals surface area contributed by atoms with Gasteiger partial charge in [0.25, 0.3) is 0 Å². The molecule has 0 saturated carbocycles. The van der Waals surface area contributed by atoms with Gasteiger partial charge in [-0.1, -0.05) is 6.07 Å². The van der Waals surface area contributed by atoms with Crippen molar-refractivity contribution in [2.45, 2.75) is 32.1 Å². The maximum atomic E-state index is 11.7. The van der Waals surface area contributed by atoms with E-state index < -0.39 is 10.8 Å². The first-order valence-corrected chi connectivity index (χ1v) is 6.58. The number of nitrogens with two attached hydrogens (primary N) is 1. The fraction of sp³-hybridized carbons (Fsp3) is 0.545. The lowest BCUT2D eigenvalue weighted by atomic mass is 10.2. The first-order valence-electron chi connectivity index (χ1n) is 5.09. The van der Waals surface area contributed by atoms with Gasteiger partial charge in [0.15, 0.2) is 0 Å². The Morgan fingerprint density at radius 1 is 1.53 bits per heavy atom. The SMILES string of the molecule is Cc1cncc(CS(=O)CCC(C)N)c1. The van der Waals surface area contributed by atoms with Gasteiger partial charge in [0.2, 0.25) is 0 Å². The average molecular weight is 226 g/mol. The summed E-state index contributed by atoms with van der Waals surface area (Å²) in [6.07, 6.45) is 4.39. The van der Waals surface area contributed by atoms with E-state index in [1.165, 1.54) is 0 Å². The van der Waals surface area contributed by atoms with Gasteiger partial charge in [0.1, 0.15) is 0 Å². The summed E-state index contributed by atoms with van der Waals surface area (Å²) in [5, 5.41) is 0. The average Bonchev–Trinajstić information content (AvgIpc) is 2.15. The minimum absolute atomic E-state index is 0.129. The Kier molecular flexibility index (Phi) is 4.91. The highest BCUT2D eigenvalue weighted by atomic mass is 32.2. The minimum atomic E-state index is -0.820. The monoisotopic (exact) mass is 226 g/mol. The zero-order valence-electron chi connectivity index (χ0n) is 9.27. The van der Waals surface area contributed by atoms with Gasteiger partial charge in [0, 0.05) is 35.0 Å². The van der Waals surface area contributed by atoms with Gasteiger partial charge >= 0.3 is 0 Å². The molecule has 0 saturated heterocycles. The van der Waals surface area contributed by atoms with Crippen molar-refractivity contribution in [2.75, 3.05) is 5.75 Å². The number of aryl methyl sites for hydroxylation is 1. The molecule has 0 spiro atoms. The second-order valence-electron chi connectivity index (χ2n) is 3.92. The lowest BCUT2D eigenvalue weighted by Gasteiger charge is -2.05. The highest BCUT2D eigenvalue weighted by molar-refractivity contribution is 7.84. The van der Waals surface area contributed by atoms with Crippen LogP contribution in [0.4, 0.5) is 0 Å². The van der Waals surface area contributed by atoms with Crippen molar-refractivity contribution in [3.05, 3.63) is 29.6 Å². The Morgan fingerprint density at radius 2 is 2.27 bits per heavy atom. The van der Waals surface area contributed by atoms with Crippen molar-refractivity contribution in [2.24, 2.45) is 5.73 Å². The number of aromatic nitrogens is 1. The molecule has 0 radical (unpaired) electrons. The van der Waals surface area contributed by atoms with E-state index >= 15 is 0 Å². The second-order valence-corrected chi connectivity index (χ2v) is 5.50. The number of hydrogen-bond donors (Lipinski definition) is 1. The molecule has 1 rings (SSSR count). The van der Waals surface area contributed by atoms with Crippen LogP contribution in [0, 0.1) is 6.92 Å². The van der Waals surface area contributed by atoms with Crippen LogP contribution >= 0.6 is 0 Å². The molecule has 0 aromatic carbocycles. The van der Waals surface area contributed by atoms with Gasteiger partial charge in [0.05, 0.1) is 5.75 Å². The molecule has 3 nitrogen and oxygen atoms in total. The molecule has 15 heavy (non-hydrogen) atoms. The molecule has 4 heteroatoms. The summed E-state index contributed by atoms with van der Waals surface area (Å²) in [5.74, 6) is 1.26. The highest BCUT2D eigenvalue weighted by Gasteiger charge is 2.04. The van der Waals surface area contributed by atoms with Crippen molar-refractivity contribution in [1.29, 1.82) is 0 Å². The summed E-state index contributed by atoms with van der Waals surface area (Å²) in [5.41, 5.74) is 7.76. The quantitative estimate of drug-likeness (QED) is 0.825. The number of nitrogens with zero attached hydrogens (tertiary/aromatic N) is 1. The molecular weight excluding hydrogens is 208 g/mol. The first kappa shape index (κ1) is 12.3. The minimum Gasteiger partial charge on any atom is -0.328 e. The number of rotatable bonds is 5. The molecule has 84 valence electrons. The van der Waals surface area contributed by atoms with Crippen LogP contribution in [0.15, 0.2) is 18.5 Å². The van der Waals surface area contributed by atoms with Gasteiger partial charge in [-0.05, 0) is 31.4 Å². The Hall–Kier alpha value is -0.740. The third kappa shape index (κ3) is 5.04. The van der Waals surface area contributed by atoms with Gasteiger partial charge in [-0.25, -0.2) is 0 Å². The summed E-state index contributed by atoms with van der Waals surface area (Å²) in [6.45, 7) is 3.92. The normalized spacial score (nSPS) is 14.9. The second kappa shape index (κ2) is 5.98. The van der Waals surface area contributed by atoms with Gasteiger partial charge in [-0.2, -0.15) is 0 Å². The van der Waals surface area contributed by atoms with Crippen LogP contribution in [0.25, 0.3) is 0 Å². The van der Waals surface area contributed by atoms with E-state index in [1.54, 1.807) is 12.4 Å². The molecule has 0 aliphatic heterocycles. The van der Waals surface area contributed by atoms with Crippen LogP contribution in [-0.2, 0) is 16.6 Å². The molecule has 2 atom stereocenters. The van der Waals surface area contributed by atoms with Crippen LogP contribution in [-0.4, -0.2) is 21.0 Å². The van der Waals surface area contributed by atoms with E-state index in [2.05, 4.69) is 4.98 Å². The Morgan fingerprint density at radius 3 is 2.87 bits per heavy atom. The summed E-state index contributed by atoms with van der Waals surface area (Å²) in [4.78, 5) is 4.07. The van der Waals surface area contributed by atoms with Crippen LogP contribution in [0.1, 0.15) is 24.5 Å². The van der Waals surface area contributed by atoms with Crippen LogP contribution in [0.2, 0.25) is 0 Å². The predicted octanol–water partition coefficient (Wildman–Crippen LogP) is 1.38. The number of pyridine rings is 1. The van der Waals surface area contributed by atoms with Crippen molar-refractivity contribution in [3.8, 4) is 0 Å². The summed E-state index contributed by atoms with van der Waals surface area (Å²) in [7, 11) is -0.820. The Bertz CT molecular complexity index is 339. The molecule has 0 bridgehead atoms. The third-order valence-electron chi connectivity index (χ3n) is 2.06. The molecule has 0 aliphatic rings. The molecule has 0 amide bonds. The standard InChI is InChI=1S/C11H18N2OS/c1-9-5-11(7-13-6-9)8-15(14)4-3-10(2)12/h5-7,10H,3-4,8,12H2,1-2H3. The van der Waals surface area contributed by atoms with Crippen molar-refractivity contribution >= 4 is 10.8 Å². The van der Waals surface area contributed by atoms with E-state index in [9.17, 15) is 4.21 Å². The lowest BCUT2D eigenvalue weighted by Crippen LogP contribution is -2.18. The fourth-order valence-corrected chi connectivity index (χ4v) is 2.58. The Balaban J connectivity index is 2.44. The van der Waals surface area contributed by atoms with E-state index in [0.29, 0.717) is 11.5 Å². The lowest BCUT2D eigenvalue weighted by molar-refractivity contribution is 0.667. The molecule has 0 aliphatic carbocycles. The molecule has 0 fully saturated rings. The summed E-state index contributed by atoms with van der Waals surface area (Å²) in [6, 6.07) is 2.15. The summed E-state index contributed by atoms with van der Waals surface area (Å²) >= 11 is 0. The highest BCUT2D eigenvalue weighted by Crippen LogP contribution is 2.05. The first-order chi connectivity index (χ1) is 7.08. The molecule has 2 N–H and O–H groups in total. The van der Waals surface area contributed by atoms with Crippen LogP contribution in [0.3, 0.4) is 0 Å². The zero-order valence-corrected chi connectivity index (χ0v) is 10.1. The summed E-state index contributed by atoms with van der Waals surface area (Å²) < 4.78 is 11.7. The predicted molar refractivity (Wildman–Crippen MR) is 64.0 cm³/mol. The largest absolute Gasteiger partial charge is 0.328 e. The fourth-order valence-electron chi connectivity index (χ4n) is 1.27.